The van der Waals surface area contributed by atoms with Crippen molar-refractivity contribution in [3.8, 4) is 0 Å². The number of benzene rings is 2. The molecule has 0 spiro atoms. The summed E-state index contributed by atoms with van der Waals surface area (Å²) in [5.74, 6) is 0. The Bertz CT molecular complexity index is 1170. The molecular weight excluding hydrogens is 322 g/mol. The zero-order valence-electron chi connectivity index (χ0n) is 13.2. The third kappa shape index (κ3) is 2.40. The van der Waals surface area contributed by atoms with Gasteiger partial charge in [-0.2, -0.15) is 9.89 Å². The third-order valence-corrected chi connectivity index (χ3v) is 4.09. The predicted molar refractivity (Wildman–Crippen MR) is 94.6 cm³/mol. The van der Waals surface area contributed by atoms with Crippen LogP contribution in [0.25, 0.3) is 21.8 Å². The van der Waals surface area contributed by atoms with Gasteiger partial charge in [0.25, 0.3) is 11.2 Å². The lowest BCUT2D eigenvalue weighted by atomic mass is 10.1. The van der Waals surface area contributed by atoms with Crippen LogP contribution in [-0.4, -0.2) is 19.4 Å². The molecule has 4 rings (SSSR count). The summed E-state index contributed by atoms with van der Waals surface area (Å²) < 4.78 is 1.59. The van der Waals surface area contributed by atoms with Gasteiger partial charge in [0.15, 0.2) is 0 Å². The Morgan fingerprint density at radius 3 is 2.52 bits per heavy atom. The maximum absolute atomic E-state index is 12.5. The number of para-hydroxylation sites is 1. The number of anilines is 1. The molecule has 0 radical (unpaired) electrons. The second-order valence-corrected chi connectivity index (χ2v) is 5.63. The van der Waals surface area contributed by atoms with Gasteiger partial charge < -0.3 is 4.57 Å². The Hall–Kier alpha value is -3.68. The maximum atomic E-state index is 12.5. The van der Waals surface area contributed by atoms with Crippen LogP contribution in [0.3, 0.4) is 0 Å². The van der Waals surface area contributed by atoms with Crippen molar-refractivity contribution in [3.63, 3.8) is 0 Å². The molecule has 4 aromatic rings. The van der Waals surface area contributed by atoms with E-state index in [-0.39, 0.29) is 11.2 Å². The van der Waals surface area contributed by atoms with Crippen molar-refractivity contribution in [3.05, 3.63) is 75.2 Å². The molecule has 8 nitrogen and oxygen atoms in total. The highest BCUT2D eigenvalue weighted by Gasteiger charge is 2.12. The molecule has 0 amide bonds. The molecule has 8 heteroatoms. The SMILES string of the molecule is Cn1c(=O)c2cn(Nc3ccc([N+](=O)[O-])cc3)nc2c2ccccc21. The molecule has 0 bridgehead atoms. The molecule has 0 aliphatic carbocycles. The van der Waals surface area contributed by atoms with Crippen LogP contribution >= 0.6 is 0 Å². The average molecular weight is 335 g/mol. The number of aromatic nitrogens is 3. The summed E-state index contributed by atoms with van der Waals surface area (Å²) in [6.07, 6.45) is 1.62. The quantitative estimate of drug-likeness (QED) is 0.459. The fourth-order valence-electron chi connectivity index (χ4n) is 2.83. The summed E-state index contributed by atoms with van der Waals surface area (Å²) in [6, 6.07) is 13.5. The lowest BCUT2D eigenvalue weighted by Crippen LogP contribution is -2.16. The molecule has 0 aliphatic rings. The number of fused-ring (bicyclic) bond motifs is 3. The van der Waals surface area contributed by atoms with Crippen LogP contribution in [0, 0.1) is 10.1 Å². The molecule has 0 atom stereocenters. The smallest absolute Gasteiger partial charge is 0.269 e. The lowest BCUT2D eigenvalue weighted by Gasteiger charge is -2.05. The number of nitrogens with zero attached hydrogens (tertiary/aromatic N) is 4. The van der Waals surface area contributed by atoms with E-state index in [1.54, 1.807) is 29.9 Å². The fraction of sp³-hybridized carbons (Fsp3) is 0.0588. The molecule has 0 unspecified atom stereocenters. The first kappa shape index (κ1) is 14.9. The summed E-state index contributed by atoms with van der Waals surface area (Å²) in [6.45, 7) is 0. The zero-order chi connectivity index (χ0) is 17.6. The predicted octanol–water partition coefficient (Wildman–Crippen LogP) is 2.67. The minimum atomic E-state index is -0.457. The van der Waals surface area contributed by atoms with Crippen molar-refractivity contribution in [2.75, 3.05) is 5.43 Å². The third-order valence-electron chi connectivity index (χ3n) is 4.09. The number of nitro benzene ring substituents is 1. The van der Waals surface area contributed by atoms with Gasteiger partial charge in [-0.25, -0.2) is 0 Å². The topological polar surface area (TPSA) is 95.0 Å². The van der Waals surface area contributed by atoms with Crippen molar-refractivity contribution in [2.24, 2.45) is 7.05 Å². The molecule has 0 saturated carbocycles. The monoisotopic (exact) mass is 335 g/mol. The highest BCUT2D eigenvalue weighted by Crippen LogP contribution is 2.21. The van der Waals surface area contributed by atoms with Crippen molar-refractivity contribution in [2.45, 2.75) is 0 Å². The highest BCUT2D eigenvalue weighted by molar-refractivity contribution is 6.02. The van der Waals surface area contributed by atoms with Crippen LogP contribution in [0.2, 0.25) is 0 Å². The van der Waals surface area contributed by atoms with E-state index in [9.17, 15) is 14.9 Å². The Labute approximate surface area is 141 Å². The molecule has 2 aromatic heterocycles. The molecular formula is C17H13N5O3. The number of nitro groups is 1. The number of hydrogen-bond acceptors (Lipinski definition) is 5. The van der Waals surface area contributed by atoms with E-state index < -0.39 is 4.92 Å². The van der Waals surface area contributed by atoms with Crippen LogP contribution < -0.4 is 11.0 Å². The van der Waals surface area contributed by atoms with Crippen LogP contribution in [0.4, 0.5) is 11.4 Å². The van der Waals surface area contributed by atoms with Gasteiger partial charge in [0, 0.05) is 24.6 Å². The summed E-state index contributed by atoms with van der Waals surface area (Å²) in [7, 11) is 1.73. The van der Waals surface area contributed by atoms with Gasteiger partial charge in [0.05, 0.1) is 27.7 Å². The minimum absolute atomic E-state index is 0.0102. The molecule has 0 saturated heterocycles. The lowest BCUT2D eigenvalue weighted by molar-refractivity contribution is -0.384. The normalized spacial score (nSPS) is 11.1. The second kappa shape index (κ2) is 5.45. The van der Waals surface area contributed by atoms with E-state index in [1.807, 2.05) is 24.3 Å². The van der Waals surface area contributed by atoms with Crippen molar-refractivity contribution < 1.29 is 4.92 Å². The Balaban J connectivity index is 1.81. The van der Waals surface area contributed by atoms with E-state index in [0.29, 0.717) is 16.6 Å². The van der Waals surface area contributed by atoms with Gasteiger partial charge in [-0.1, -0.05) is 18.2 Å². The van der Waals surface area contributed by atoms with Crippen LogP contribution in [0.15, 0.2) is 59.5 Å². The highest BCUT2D eigenvalue weighted by atomic mass is 16.6. The second-order valence-electron chi connectivity index (χ2n) is 5.63. The minimum Gasteiger partial charge on any atom is -0.311 e. The van der Waals surface area contributed by atoms with Gasteiger partial charge >= 0.3 is 0 Å². The van der Waals surface area contributed by atoms with Crippen LogP contribution in [-0.2, 0) is 7.05 Å². The first-order chi connectivity index (χ1) is 12.0. The Morgan fingerprint density at radius 2 is 1.80 bits per heavy atom. The molecule has 124 valence electrons. The van der Waals surface area contributed by atoms with Gasteiger partial charge in [0.2, 0.25) is 0 Å². The first-order valence-corrected chi connectivity index (χ1v) is 7.53. The summed E-state index contributed by atoms with van der Waals surface area (Å²) in [4.78, 5) is 24.2. The van der Waals surface area contributed by atoms with Gasteiger partial charge in [0.1, 0.15) is 5.52 Å². The van der Waals surface area contributed by atoms with Gasteiger partial charge in [-0.3, -0.25) is 20.3 Å². The zero-order valence-corrected chi connectivity index (χ0v) is 13.2. The van der Waals surface area contributed by atoms with Crippen molar-refractivity contribution >= 4 is 33.2 Å². The van der Waals surface area contributed by atoms with Gasteiger partial charge in [-0.15, -0.1) is 0 Å². The van der Waals surface area contributed by atoms with Crippen LogP contribution in [0.1, 0.15) is 0 Å². The summed E-state index contributed by atoms with van der Waals surface area (Å²) in [5, 5.41) is 16.5. The number of hydrogen-bond donors (Lipinski definition) is 1. The van der Waals surface area contributed by atoms with Gasteiger partial charge in [-0.05, 0) is 18.2 Å². The summed E-state index contributed by atoms with van der Waals surface area (Å²) in [5.41, 5.74) is 4.92. The van der Waals surface area contributed by atoms with Crippen molar-refractivity contribution in [1.29, 1.82) is 0 Å². The van der Waals surface area contributed by atoms with E-state index in [4.69, 9.17) is 0 Å². The molecule has 0 fully saturated rings. The Kier molecular flexibility index (Phi) is 3.24. The maximum Gasteiger partial charge on any atom is 0.269 e. The Morgan fingerprint density at radius 1 is 1.08 bits per heavy atom. The first-order valence-electron chi connectivity index (χ1n) is 7.53. The molecule has 2 aromatic carbocycles. The molecule has 0 aliphatic heterocycles. The summed E-state index contributed by atoms with van der Waals surface area (Å²) >= 11 is 0. The standard InChI is InChI=1S/C17H13N5O3/c1-20-15-5-3-2-4-13(15)16-14(17(20)23)10-21(19-16)18-11-6-8-12(9-7-11)22(24)25/h2-10,18H,1H3. The number of nitrogens with one attached hydrogen (secondary N) is 1. The molecule has 2 heterocycles. The number of rotatable bonds is 3. The van der Waals surface area contributed by atoms with Crippen LogP contribution in [0.5, 0.6) is 0 Å². The fourth-order valence-corrected chi connectivity index (χ4v) is 2.83. The van der Waals surface area contributed by atoms with E-state index in [0.717, 1.165) is 10.9 Å². The number of pyridine rings is 1. The largest absolute Gasteiger partial charge is 0.311 e. The van der Waals surface area contributed by atoms with Crippen molar-refractivity contribution in [1.82, 2.24) is 14.5 Å². The van der Waals surface area contributed by atoms with E-state index in [1.165, 1.54) is 16.9 Å². The van der Waals surface area contributed by atoms with E-state index in [2.05, 4.69) is 10.5 Å². The number of aryl methyl sites for hydroxylation is 1. The molecule has 25 heavy (non-hydrogen) atoms. The average Bonchev–Trinajstić information content (AvgIpc) is 3.04. The molecule has 1 N–H and O–H groups in total. The number of non-ortho nitro benzene ring substituents is 1. The van der Waals surface area contributed by atoms with E-state index >= 15 is 0 Å².